The van der Waals surface area contributed by atoms with E-state index in [1.807, 2.05) is 61.5 Å². The fraction of sp³-hybridized carbons (Fsp3) is 0.222. The first-order valence-corrected chi connectivity index (χ1v) is 8.03. The smallest absolute Gasteiger partial charge is 0.240 e. The lowest BCUT2D eigenvalue weighted by Crippen LogP contribution is -2.14. The summed E-state index contributed by atoms with van der Waals surface area (Å²) in [7, 11) is 3.97. The minimum atomic E-state index is 0.356. The van der Waals surface area contributed by atoms with Crippen LogP contribution in [0.25, 0.3) is 16.4 Å². The van der Waals surface area contributed by atoms with Crippen LogP contribution >= 0.6 is 0 Å². The lowest BCUT2D eigenvalue weighted by atomic mass is 10.2. The van der Waals surface area contributed by atoms with E-state index in [2.05, 4.69) is 20.3 Å². The van der Waals surface area contributed by atoms with Crippen LogP contribution in [0.4, 0.5) is 0 Å². The number of rotatable bonds is 5. The molecule has 25 heavy (non-hydrogen) atoms. The fourth-order valence-electron chi connectivity index (χ4n) is 2.71. The molecule has 0 saturated carbocycles. The molecule has 0 unspecified atom stereocenters. The highest BCUT2D eigenvalue weighted by molar-refractivity contribution is 5.96. The zero-order valence-electron chi connectivity index (χ0n) is 14.1. The Morgan fingerprint density at radius 2 is 1.80 bits per heavy atom. The number of aromatic nitrogens is 5. The van der Waals surface area contributed by atoms with Crippen LogP contribution in [0.2, 0.25) is 0 Å². The van der Waals surface area contributed by atoms with Crippen molar-refractivity contribution < 1.29 is 4.74 Å². The monoisotopic (exact) mass is 334 g/mol. The van der Waals surface area contributed by atoms with Crippen LogP contribution < -0.4 is 4.74 Å². The predicted octanol–water partition coefficient (Wildman–Crippen LogP) is 2.31. The van der Waals surface area contributed by atoms with Crippen LogP contribution in [0, 0.1) is 0 Å². The van der Waals surface area contributed by atoms with Gasteiger partial charge in [0.2, 0.25) is 5.88 Å². The van der Waals surface area contributed by atoms with Crippen molar-refractivity contribution in [3.63, 3.8) is 0 Å². The summed E-state index contributed by atoms with van der Waals surface area (Å²) in [6.45, 7) is 1.00. The Hall–Kier alpha value is -3.06. The number of nitrogens with zero attached hydrogens (tertiary/aromatic N) is 6. The number of pyridine rings is 1. The van der Waals surface area contributed by atoms with Crippen LogP contribution in [0.15, 0.2) is 48.7 Å². The Labute approximate surface area is 144 Å². The second-order valence-corrected chi connectivity index (χ2v) is 6.05. The van der Waals surface area contributed by atoms with Gasteiger partial charge >= 0.3 is 0 Å². The molecule has 0 aliphatic rings. The van der Waals surface area contributed by atoms with Gasteiger partial charge < -0.3 is 9.64 Å². The molecule has 0 radical (unpaired) electrons. The van der Waals surface area contributed by atoms with Crippen molar-refractivity contribution in [3.8, 4) is 5.88 Å². The van der Waals surface area contributed by atoms with E-state index in [1.54, 1.807) is 10.7 Å². The molecule has 0 bridgehead atoms. The van der Waals surface area contributed by atoms with Crippen LogP contribution in [0.3, 0.4) is 0 Å². The van der Waals surface area contributed by atoms with Crippen molar-refractivity contribution in [2.45, 2.75) is 13.2 Å². The number of fused-ring (bicyclic) bond motifs is 3. The Morgan fingerprint density at radius 1 is 1.00 bits per heavy atom. The van der Waals surface area contributed by atoms with Crippen molar-refractivity contribution in [1.29, 1.82) is 0 Å². The first-order valence-electron chi connectivity index (χ1n) is 8.03. The molecule has 3 heterocycles. The summed E-state index contributed by atoms with van der Waals surface area (Å²) in [5.41, 5.74) is 1.59. The maximum Gasteiger partial charge on any atom is 0.240 e. The average Bonchev–Trinajstić information content (AvgIpc) is 3.03. The molecule has 0 aliphatic heterocycles. The van der Waals surface area contributed by atoms with Gasteiger partial charge in [0.05, 0.1) is 12.2 Å². The molecule has 0 fully saturated rings. The van der Waals surface area contributed by atoms with Gasteiger partial charge in [-0.25, -0.2) is 0 Å². The quantitative estimate of drug-likeness (QED) is 0.558. The lowest BCUT2D eigenvalue weighted by molar-refractivity contribution is 0.288. The third kappa shape index (κ3) is 3.01. The minimum absolute atomic E-state index is 0.356. The Bertz CT molecular complexity index is 1010. The van der Waals surface area contributed by atoms with E-state index in [1.165, 1.54) is 0 Å². The first-order chi connectivity index (χ1) is 12.2. The van der Waals surface area contributed by atoms with E-state index in [9.17, 15) is 0 Å². The van der Waals surface area contributed by atoms with Gasteiger partial charge in [0.25, 0.3) is 0 Å². The molecule has 0 saturated heterocycles. The summed E-state index contributed by atoms with van der Waals surface area (Å²) < 4.78 is 7.74. The molecule has 7 heteroatoms. The highest BCUT2D eigenvalue weighted by atomic mass is 16.5. The van der Waals surface area contributed by atoms with Gasteiger partial charge in [-0.2, -0.15) is 4.52 Å². The molecule has 0 aliphatic carbocycles. The van der Waals surface area contributed by atoms with Crippen molar-refractivity contribution in [3.05, 3.63) is 60.2 Å². The number of hydrogen-bond acceptors (Lipinski definition) is 6. The second-order valence-electron chi connectivity index (χ2n) is 6.05. The molecular formula is C18H18N6O. The summed E-state index contributed by atoms with van der Waals surface area (Å²) in [4.78, 5) is 6.32. The van der Waals surface area contributed by atoms with E-state index < -0.39 is 0 Å². The molecule has 0 N–H and O–H groups in total. The molecule has 4 aromatic rings. The van der Waals surface area contributed by atoms with Gasteiger partial charge in [-0.1, -0.05) is 24.3 Å². The third-order valence-electron chi connectivity index (χ3n) is 3.84. The Kier molecular flexibility index (Phi) is 3.99. The van der Waals surface area contributed by atoms with Crippen LogP contribution in [-0.2, 0) is 13.2 Å². The van der Waals surface area contributed by atoms with Crippen molar-refractivity contribution in [2.24, 2.45) is 0 Å². The number of hydrogen-bond donors (Lipinski definition) is 0. The van der Waals surface area contributed by atoms with Gasteiger partial charge in [-0.05, 0) is 32.3 Å². The standard InChI is InChI=1S/C18H18N6O/c1-23(2)11-16-20-21-17-14-8-3-4-9-15(14)18(22-24(16)17)25-12-13-7-5-6-10-19-13/h3-10H,11-12H2,1-2H3. The van der Waals surface area contributed by atoms with Gasteiger partial charge in [-0.15, -0.1) is 15.3 Å². The van der Waals surface area contributed by atoms with E-state index in [0.29, 0.717) is 19.0 Å². The first kappa shape index (κ1) is 15.5. The van der Waals surface area contributed by atoms with Gasteiger partial charge in [0, 0.05) is 17.0 Å². The van der Waals surface area contributed by atoms with Crippen LogP contribution in [0.5, 0.6) is 5.88 Å². The second kappa shape index (κ2) is 6.45. The molecule has 126 valence electrons. The minimum Gasteiger partial charge on any atom is -0.470 e. The molecular weight excluding hydrogens is 316 g/mol. The van der Waals surface area contributed by atoms with Crippen molar-refractivity contribution in [1.82, 2.24) is 29.7 Å². The molecule has 0 amide bonds. The van der Waals surface area contributed by atoms with Gasteiger partial charge in [-0.3, -0.25) is 4.98 Å². The lowest BCUT2D eigenvalue weighted by Gasteiger charge is -2.11. The number of benzene rings is 1. The Morgan fingerprint density at radius 3 is 2.56 bits per heavy atom. The summed E-state index contributed by atoms with van der Waals surface area (Å²) >= 11 is 0. The van der Waals surface area contributed by atoms with E-state index >= 15 is 0 Å². The van der Waals surface area contributed by atoms with Crippen molar-refractivity contribution >= 4 is 16.4 Å². The molecule has 0 atom stereocenters. The van der Waals surface area contributed by atoms with E-state index in [-0.39, 0.29) is 0 Å². The van der Waals surface area contributed by atoms with Gasteiger partial charge in [0.1, 0.15) is 6.61 Å². The molecule has 1 aromatic carbocycles. The largest absolute Gasteiger partial charge is 0.470 e. The van der Waals surface area contributed by atoms with Crippen LogP contribution in [-0.4, -0.2) is 43.8 Å². The average molecular weight is 334 g/mol. The predicted molar refractivity (Wildman–Crippen MR) is 94.2 cm³/mol. The Balaban J connectivity index is 1.80. The maximum absolute atomic E-state index is 5.98. The zero-order chi connectivity index (χ0) is 17.2. The summed E-state index contributed by atoms with van der Waals surface area (Å²) in [5.74, 6) is 1.32. The summed E-state index contributed by atoms with van der Waals surface area (Å²) in [5, 5.41) is 15.1. The van der Waals surface area contributed by atoms with E-state index in [0.717, 1.165) is 27.9 Å². The molecule has 7 nitrogen and oxygen atoms in total. The SMILES string of the molecule is CN(C)Cc1nnc2c3ccccc3c(OCc3ccccn3)nn12. The van der Waals surface area contributed by atoms with Crippen LogP contribution in [0.1, 0.15) is 11.5 Å². The number of ether oxygens (including phenoxy) is 1. The fourth-order valence-corrected chi connectivity index (χ4v) is 2.71. The molecule has 0 spiro atoms. The van der Waals surface area contributed by atoms with Crippen molar-refractivity contribution in [2.75, 3.05) is 14.1 Å². The zero-order valence-corrected chi connectivity index (χ0v) is 14.1. The maximum atomic E-state index is 5.98. The normalized spacial score (nSPS) is 11.5. The highest BCUT2D eigenvalue weighted by Gasteiger charge is 2.15. The van der Waals surface area contributed by atoms with E-state index in [4.69, 9.17) is 4.74 Å². The molecule has 3 aromatic heterocycles. The third-order valence-corrected chi connectivity index (χ3v) is 3.84. The topological polar surface area (TPSA) is 68.4 Å². The summed E-state index contributed by atoms with van der Waals surface area (Å²) in [6, 6.07) is 13.7. The summed E-state index contributed by atoms with van der Waals surface area (Å²) in [6.07, 6.45) is 1.75. The molecule has 4 rings (SSSR count). The highest BCUT2D eigenvalue weighted by Crippen LogP contribution is 2.27. The van der Waals surface area contributed by atoms with Gasteiger partial charge in [0.15, 0.2) is 11.5 Å².